The normalized spacial score (nSPS) is 15.0. The van der Waals surface area contributed by atoms with Crippen LogP contribution in [0.25, 0.3) is 10.1 Å². The molecule has 1 aromatic carbocycles. The van der Waals surface area contributed by atoms with E-state index >= 15 is 0 Å². The number of rotatable bonds is 3. The summed E-state index contributed by atoms with van der Waals surface area (Å²) in [5, 5.41) is 1.68. The molecule has 122 valence electrons. The predicted octanol–water partition coefficient (Wildman–Crippen LogP) is 4.38. The van der Waals surface area contributed by atoms with Crippen molar-refractivity contribution in [2.24, 2.45) is 0 Å². The third-order valence-corrected chi connectivity index (χ3v) is 5.68. The lowest BCUT2D eigenvalue weighted by Crippen LogP contribution is -2.38. The molecule has 1 saturated heterocycles. The molecule has 7 heteroatoms. The highest BCUT2D eigenvalue weighted by molar-refractivity contribution is 7.21. The number of hydrogen-bond acceptors (Lipinski definition) is 4. The standard InChI is InChI=1S/C16H15Cl2NO3S/c17-10-4-5-11-12(8-10)23-15(14(11)18)16(21)22-9-13(20)19-6-2-1-3-7-19/h4-5,8H,1-3,6-7,9H2. The van der Waals surface area contributed by atoms with E-state index in [-0.39, 0.29) is 12.5 Å². The summed E-state index contributed by atoms with van der Waals surface area (Å²) in [5.74, 6) is -0.726. The molecule has 1 aliphatic rings. The first kappa shape index (κ1) is 16.6. The number of amides is 1. The molecule has 0 N–H and O–H groups in total. The van der Waals surface area contributed by atoms with Crippen LogP contribution in [0.3, 0.4) is 0 Å². The minimum atomic E-state index is -0.572. The number of ether oxygens (including phenoxy) is 1. The second kappa shape index (κ2) is 7.07. The van der Waals surface area contributed by atoms with Crippen LogP contribution in [0.1, 0.15) is 28.9 Å². The Morgan fingerprint density at radius 2 is 1.91 bits per heavy atom. The zero-order valence-corrected chi connectivity index (χ0v) is 14.6. The molecule has 1 fully saturated rings. The van der Waals surface area contributed by atoms with E-state index in [0.29, 0.717) is 14.9 Å². The van der Waals surface area contributed by atoms with Crippen molar-refractivity contribution < 1.29 is 14.3 Å². The number of esters is 1. The Balaban J connectivity index is 1.68. The van der Waals surface area contributed by atoms with Gasteiger partial charge in [0, 0.05) is 28.2 Å². The smallest absolute Gasteiger partial charge is 0.350 e. The van der Waals surface area contributed by atoms with E-state index in [0.717, 1.165) is 42.4 Å². The highest BCUT2D eigenvalue weighted by atomic mass is 35.5. The molecule has 0 saturated carbocycles. The van der Waals surface area contributed by atoms with Crippen molar-refractivity contribution >= 4 is 56.5 Å². The van der Waals surface area contributed by atoms with Gasteiger partial charge in [-0.25, -0.2) is 4.79 Å². The van der Waals surface area contributed by atoms with Crippen LogP contribution in [0, 0.1) is 0 Å². The van der Waals surface area contributed by atoms with Crippen LogP contribution in [0.4, 0.5) is 0 Å². The summed E-state index contributed by atoms with van der Waals surface area (Å²) in [6, 6.07) is 5.24. The Hall–Kier alpha value is -1.30. The number of carbonyl (C=O) groups is 2. The summed E-state index contributed by atoms with van der Waals surface area (Å²) < 4.78 is 5.96. The van der Waals surface area contributed by atoms with Gasteiger partial charge in [-0.3, -0.25) is 4.79 Å². The molecule has 4 nitrogen and oxygen atoms in total. The van der Waals surface area contributed by atoms with E-state index in [4.69, 9.17) is 27.9 Å². The SMILES string of the molecule is O=C(OCC(=O)N1CCCCC1)c1sc2cc(Cl)ccc2c1Cl. The third-order valence-electron chi connectivity index (χ3n) is 3.81. The van der Waals surface area contributed by atoms with Gasteiger partial charge in [0.1, 0.15) is 4.88 Å². The maximum atomic E-state index is 12.2. The molecule has 1 amide bonds. The van der Waals surface area contributed by atoms with Crippen molar-refractivity contribution in [3.05, 3.63) is 33.1 Å². The van der Waals surface area contributed by atoms with E-state index in [1.54, 1.807) is 23.1 Å². The van der Waals surface area contributed by atoms with Gasteiger partial charge in [0.25, 0.3) is 5.91 Å². The summed E-state index contributed by atoms with van der Waals surface area (Å²) in [6.07, 6.45) is 3.15. The lowest BCUT2D eigenvalue weighted by Gasteiger charge is -2.26. The molecule has 3 rings (SSSR count). The van der Waals surface area contributed by atoms with Crippen molar-refractivity contribution in [3.63, 3.8) is 0 Å². The van der Waals surface area contributed by atoms with E-state index in [1.807, 2.05) is 0 Å². The second-order valence-electron chi connectivity index (χ2n) is 5.40. The Labute approximate surface area is 147 Å². The Kier molecular flexibility index (Phi) is 5.09. The van der Waals surface area contributed by atoms with Crippen LogP contribution in [0.15, 0.2) is 18.2 Å². The molecule has 0 atom stereocenters. The lowest BCUT2D eigenvalue weighted by atomic mass is 10.1. The quantitative estimate of drug-likeness (QED) is 0.752. The van der Waals surface area contributed by atoms with Crippen LogP contribution < -0.4 is 0 Å². The Bertz CT molecular complexity index is 753. The van der Waals surface area contributed by atoms with Crippen molar-refractivity contribution in [3.8, 4) is 0 Å². The van der Waals surface area contributed by atoms with Gasteiger partial charge in [0.15, 0.2) is 6.61 Å². The predicted molar refractivity (Wildman–Crippen MR) is 92.6 cm³/mol. The molecular weight excluding hydrogens is 357 g/mol. The fourth-order valence-corrected chi connectivity index (χ4v) is 4.28. The molecule has 2 heterocycles. The summed E-state index contributed by atoms with van der Waals surface area (Å²) in [6.45, 7) is 1.22. The summed E-state index contributed by atoms with van der Waals surface area (Å²) in [7, 11) is 0. The number of nitrogens with zero attached hydrogens (tertiary/aromatic N) is 1. The maximum Gasteiger partial charge on any atom is 0.350 e. The molecule has 0 unspecified atom stereocenters. The first-order valence-electron chi connectivity index (χ1n) is 7.38. The highest BCUT2D eigenvalue weighted by Gasteiger charge is 2.22. The average Bonchev–Trinajstić information content (AvgIpc) is 2.89. The van der Waals surface area contributed by atoms with Crippen LogP contribution in [0.2, 0.25) is 10.0 Å². The minimum Gasteiger partial charge on any atom is -0.451 e. The number of fused-ring (bicyclic) bond motifs is 1. The topological polar surface area (TPSA) is 46.6 Å². The molecule has 0 aliphatic carbocycles. The molecule has 1 aliphatic heterocycles. The average molecular weight is 372 g/mol. The van der Waals surface area contributed by atoms with Crippen LogP contribution in [0.5, 0.6) is 0 Å². The van der Waals surface area contributed by atoms with Gasteiger partial charge >= 0.3 is 5.97 Å². The summed E-state index contributed by atoms with van der Waals surface area (Å²) in [4.78, 5) is 26.3. The number of carbonyl (C=O) groups excluding carboxylic acids is 2. The molecule has 0 radical (unpaired) electrons. The molecule has 0 bridgehead atoms. The number of thiophene rings is 1. The number of hydrogen-bond donors (Lipinski definition) is 0. The van der Waals surface area contributed by atoms with Gasteiger partial charge in [-0.15, -0.1) is 11.3 Å². The number of benzene rings is 1. The minimum absolute atomic E-state index is 0.154. The fourth-order valence-electron chi connectivity index (χ4n) is 2.60. The van der Waals surface area contributed by atoms with Crippen molar-refractivity contribution in [1.82, 2.24) is 4.90 Å². The summed E-state index contributed by atoms with van der Waals surface area (Å²) in [5.41, 5.74) is 0. The van der Waals surface area contributed by atoms with Gasteiger partial charge in [-0.05, 0) is 31.4 Å². The van der Waals surface area contributed by atoms with Gasteiger partial charge in [0.2, 0.25) is 0 Å². The molecule has 23 heavy (non-hydrogen) atoms. The maximum absolute atomic E-state index is 12.2. The largest absolute Gasteiger partial charge is 0.451 e. The molecule has 0 spiro atoms. The Morgan fingerprint density at radius 3 is 2.65 bits per heavy atom. The zero-order valence-electron chi connectivity index (χ0n) is 12.3. The number of halogens is 2. The van der Waals surface area contributed by atoms with Crippen LogP contribution in [-0.2, 0) is 9.53 Å². The Morgan fingerprint density at radius 1 is 1.17 bits per heavy atom. The number of likely N-dealkylation sites (tertiary alicyclic amines) is 1. The van der Waals surface area contributed by atoms with Crippen LogP contribution in [-0.4, -0.2) is 36.5 Å². The molecule has 1 aromatic heterocycles. The van der Waals surface area contributed by atoms with E-state index in [2.05, 4.69) is 0 Å². The van der Waals surface area contributed by atoms with E-state index in [9.17, 15) is 9.59 Å². The van der Waals surface area contributed by atoms with E-state index in [1.165, 1.54) is 11.3 Å². The summed E-state index contributed by atoms with van der Waals surface area (Å²) >= 11 is 13.4. The van der Waals surface area contributed by atoms with Crippen LogP contribution >= 0.6 is 34.5 Å². The van der Waals surface area contributed by atoms with Crippen molar-refractivity contribution in [2.45, 2.75) is 19.3 Å². The second-order valence-corrected chi connectivity index (χ2v) is 7.27. The van der Waals surface area contributed by atoms with Gasteiger partial charge < -0.3 is 9.64 Å². The van der Waals surface area contributed by atoms with Gasteiger partial charge in [0.05, 0.1) is 5.02 Å². The molecular formula is C16H15Cl2NO3S. The van der Waals surface area contributed by atoms with Crippen molar-refractivity contribution in [1.29, 1.82) is 0 Å². The van der Waals surface area contributed by atoms with Crippen molar-refractivity contribution in [2.75, 3.05) is 19.7 Å². The van der Waals surface area contributed by atoms with Gasteiger partial charge in [-0.1, -0.05) is 29.3 Å². The first-order chi connectivity index (χ1) is 11.1. The fraction of sp³-hybridized carbons (Fsp3) is 0.375. The number of piperidine rings is 1. The highest BCUT2D eigenvalue weighted by Crippen LogP contribution is 2.37. The first-order valence-corrected chi connectivity index (χ1v) is 8.96. The molecule has 2 aromatic rings. The lowest BCUT2D eigenvalue weighted by molar-refractivity contribution is -0.135. The third kappa shape index (κ3) is 3.62. The van der Waals surface area contributed by atoms with Gasteiger partial charge in [-0.2, -0.15) is 0 Å². The zero-order chi connectivity index (χ0) is 16.4. The monoisotopic (exact) mass is 371 g/mol. The van der Waals surface area contributed by atoms with E-state index < -0.39 is 5.97 Å².